The Morgan fingerprint density at radius 1 is 1.82 bits per heavy atom. The van der Waals surface area contributed by atoms with Gasteiger partial charge in [0, 0.05) is 6.54 Å². The number of aldehydes is 1. The Hall–Kier alpha value is -0.570. The van der Waals surface area contributed by atoms with Crippen LogP contribution in [0.4, 0.5) is 0 Å². The lowest BCUT2D eigenvalue weighted by Crippen LogP contribution is -2.29. The van der Waals surface area contributed by atoms with Crippen LogP contribution >= 0.6 is 12.2 Å². The number of isothiocyanates is 1. The van der Waals surface area contributed by atoms with E-state index in [9.17, 15) is 4.79 Å². The van der Waals surface area contributed by atoms with Crippen molar-refractivity contribution in [3.8, 4) is 0 Å². The molecule has 1 heterocycles. The fourth-order valence-electron chi connectivity index (χ4n) is 1.32. The highest BCUT2D eigenvalue weighted by atomic mass is 32.1. The van der Waals surface area contributed by atoms with Crippen LogP contribution in [0.1, 0.15) is 12.8 Å². The molecule has 11 heavy (non-hydrogen) atoms. The maximum atomic E-state index is 10.2. The predicted molar refractivity (Wildman–Crippen MR) is 45.7 cm³/mol. The molecule has 1 aliphatic heterocycles. The number of carbonyl (C=O) groups is 1. The lowest BCUT2D eigenvalue weighted by atomic mass is 10.3. The van der Waals surface area contributed by atoms with Crippen molar-refractivity contribution >= 4 is 23.7 Å². The van der Waals surface area contributed by atoms with Gasteiger partial charge in [-0.25, -0.2) is 4.99 Å². The average molecular weight is 170 g/mol. The maximum Gasteiger partial charge on any atom is 0.134 e. The average Bonchev–Trinajstić information content (AvgIpc) is 2.39. The standard InChI is InChI=1S/C7H10N2OS/c10-5-4-9-3-1-2-7(9)8-6-11/h5,7H,1-4H2. The lowest BCUT2D eigenvalue weighted by Gasteiger charge is -2.15. The minimum absolute atomic E-state index is 0.109. The molecule has 3 nitrogen and oxygen atoms in total. The Bertz CT molecular complexity index is 189. The summed E-state index contributed by atoms with van der Waals surface area (Å²) in [7, 11) is 0. The molecule has 1 atom stereocenters. The Balaban J connectivity index is 2.49. The van der Waals surface area contributed by atoms with Crippen molar-refractivity contribution in [2.24, 2.45) is 4.99 Å². The smallest absolute Gasteiger partial charge is 0.134 e. The van der Waals surface area contributed by atoms with Crippen molar-refractivity contribution in [1.29, 1.82) is 0 Å². The molecule has 0 aromatic heterocycles. The van der Waals surface area contributed by atoms with Gasteiger partial charge in [0.2, 0.25) is 0 Å². The van der Waals surface area contributed by atoms with Gasteiger partial charge in [-0.15, -0.1) is 0 Å². The van der Waals surface area contributed by atoms with Crippen LogP contribution in [-0.4, -0.2) is 35.6 Å². The number of likely N-dealkylation sites (tertiary alicyclic amines) is 1. The summed E-state index contributed by atoms with van der Waals surface area (Å²) in [6, 6.07) is 0. The van der Waals surface area contributed by atoms with E-state index in [4.69, 9.17) is 0 Å². The largest absolute Gasteiger partial charge is 0.302 e. The molecule has 0 spiro atoms. The van der Waals surface area contributed by atoms with Gasteiger partial charge < -0.3 is 4.79 Å². The minimum atomic E-state index is 0.109. The minimum Gasteiger partial charge on any atom is -0.302 e. The summed E-state index contributed by atoms with van der Waals surface area (Å²) in [6.07, 6.45) is 3.10. The first-order valence-corrected chi connectivity index (χ1v) is 4.04. The molecule has 1 rings (SSSR count). The lowest BCUT2D eigenvalue weighted by molar-refractivity contribution is -0.109. The van der Waals surface area contributed by atoms with E-state index < -0.39 is 0 Å². The number of nitrogens with zero attached hydrogens (tertiary/aromatic N) is 2. The molecular formula is C7H10N2OS. The maximum absolute atomic E-state index is 10.2. The highest BCUT2D eigenvalue weighted by Crippen LogP contribution is 2.16. The van der Waals surface area contributed by atoms with Gasteiger partial charge in [0.25, 0.3) is 0 Å². The topological polar surface area (TPSA) is 32.7 Å². The molecule has 1 unspecified atom stereocenters. The summed E-state index contributed by atoms with van der Waals surface area (Å²) >= 11 is 4.49. The van der Waals surface area contributed by atoms with Gasteiger partial charge in [0.1, 0.15) is 12.5 Å². The predicted octanol–water partition coefficient (Wildman–Crippen LogP) is 0.710. The number of hydrogen-bond donors (Lipinski definition) is 0. The fraction of sp³-hybridized carbons (Fsp3) is 0.714. The molecule has 0 aliphatic carbocycles. The number of aliphatic imine (C=N–C) groups is 1. The number of carbonyl (C=O) groups excluding carboxylic acids is 1. The van der Waals surface area contributed by atoms with Crippen LogP contribution in [0.25, 0.3) is 0 Å². The van der Waals surface area contributed by atoms with Crippen LogP contribution in [0.3, 0.4) is 0 Å². The third kappa shape index (κ3) is 2.19. The molecule has 1 fully saturated rings. The second-order valence-electron chi connectivity index (χ2n) is 2.50. The van der Waals surface area contributed by atoms with Gasteiger partial charge in [-0.05, 0) is 25.1 Å². The zero-order valence-corrected chi connectivity index (χ0v) is 7.01. The molecule has 0 aromatic rings. The van der Waals surface area contributed by atoms with Gasteiger partial charge in [0.05, 0.1) is 11.7 Å². The summed E-state index contributed by atoms with van der Waals surface area (Å²) in [5.74, 6) is 0. The van der Waals surface area contributed by atoms with E-state index in [2.05, 4.69) is 22.4 Å². The molecule has 1 saturated heterocycles. The van der Waals surface area contributed by atoms with Crippen LogP contribution in [0, 0.1) is 0 Å². The third-order valence-corrected chi connectivity index (χ3v) is 1.95. The summed E-state index contributed by atoms with van der Waals surface area (Å²) in [5, 5.41) is 2.35. The van der Waals surface area contributed by atoms with Crippen LogP contribution in [0.15, 0.2) is 4.99 Å². The summed E-state index contributed by atoms with van der Waals surface area (Å²) in [4.78, 5) is 16.1. The summed E-state index contributed by atoms with van der Waals surface area (Å²) in [5.41, 5.74) is 0. The molecule has 0 bridgehead atoms. The Morgan fingerprint density at radius 3 is 3.27 bits per heavy atom. The fourth-order valence-corrected chi connectivity index (χ4v) is 1.45. The van der Waals surface area contributed by atoms with Crippen molar-refractivity contribution in [1.82, 2.24) is 4.90 Å². The van der Waals surface area contributed by atoms with Crippen molar-refractivity contribution in [3.63, 3.8) is 0 Å². The third-order valence-electron chi connectivity index (χ3n) is 1.84. The molecule has 0 aromatic carbocycles. The molecule has 0 N–H and O–H groups in total. The molecule has 0 radical (unpaired) electrons. The first kappa shape index (κ1) is 8.53. The van der Waals surface area contributed by atoms with Crippen molar-refractivity contribution in [2.75, 3.05) is 13.1 Å². The quantitative estimate of drug-likeness (QED) is 0.355. The first-order valence-electron chi connectivity index (χ1n) is 3.63. The van der Waals surface area contributed by atoms with Gasteiger partial charge in [-0.1, -0.05) is 0 Å². The number of hydrogen-bond acceptors (Lipinski definition) is 4. The van der Waals surface area contributed by atoms with Crippen LogP contribution in [-0.2, 0) is 4.79 Å². The summed E-state index contributed by atoms with van der Waals surface area (Å²) in [6.45, 7) is 1.41. The van der Waals surface area contributed by atoms with Crippen molar-refractivity contribution in [3.05, 3.63) is 0 Å². The monoisotopic (exact) mass is 170 g/mol. The second kappa shape index (κ2) is 4.34. The molecule has 0 saturated carbocycles. The van der Waals surface area contributed by atoms with Crippen molar-refractivity contribution in [2.45, 2.75) is 19.0 Å². The normalized spacial score (nSPS) is 24.5. The van der Waals surface area contributed by atoms with Gasteiger partial charge in [0.15, 0.2) is 0 Å². The molecule has 0 amide bonds. The zero-order valence-electron chi connectivity index (χ0n) is 6.19. The van der Waals surface area contributed by atoms with Crippen molar-refractivity contribution < 1.29 is 4.79 Å². The van der Waals surface area contributed by atoms with E-state index in [1.165, 1.54) is 0 Å². The van der Waals surface area contributed by atoms with Crippen LogP contribution in [0.2, 0.25) is 0 Å². The van der Waals surface area contributed by atoms with Gasteiger partial charge >= 0.3 is 0 Å². The zero-order chi connectivity index (χ0) is 8.10. The Kier molecular flexibility index (Phi) is 3.36. The van der Waals surface area contributed by atoms with E-state index in [1.54, 1.807) is 0 Å². The number of thiocarbonyl (C=S) groups is 1. The van der Waals surface area contributed by atoms with E-state index >= 15 is 0 Å². The molecule has 4 heteroatoms. The van der Waals surface area contributed by atoms with Crippen LogP contribution < -0.4 is 0 Å². The Morgan fingerprint density at radius 2 is 2.64 bits per heavy atom. The highest BCUT2D eigenvalue weighted by molar-refractivity contribution is 7.78. The molecule has 1 aliphatic rings. The van der Waals surface area contributed by atoms with Gasteiger partial charge in [-0.2, -0.15) is 0 Å². The van der Waals surface area contributed by atoms with Crippen LogP contribution in [0.5, 0.6) is 0 Å². The number of rotatable bonds is 3. The van der Waals surface area contributed by atoms with E-state index in [1.807, 2.05) is 4.90 Å². The SMILES string of the molecule is O=CCN1CCCC1N=C=S. The second-order valence-corrected chi connectivity index (χ2v) is 2.69. The van der Waals surface area contributed by atoms with E-state index in [-0.39, 0.29) is 6.17 Å². The highest BCUT2D eigenvalue weighted by Gasteiger charge is 2.22. The van der Waals surface area contributed by atoms with Gasteiger partial charge in [-0.3, -0.25) is 4.90 Å². The van der Waals surface area contributed by atoms with E-state index in [0.717, 1.165) is 25.7 Å². The van der Waals surface area contributed by atoms with E-state index in [0.29, 0.717) is 6.54 Å². The molecular weight excluding hydrogens is 160 g/mol. The first-order chi connectivity index (χ1) is 5.38. The molecule has 60 valence electrons. The summed E-state index contributed by atoms with van der Waals surface area (Å²) < 4.78 is 0. The Labute approximate surface area is 71.1 Å².